The van der Waals surface area contributed by atoms with Crippen LogP contribution in [0.2, 0.25) is 0 Å². The average molecular weight is 406 g/mol. The molecule has 0 aliphatic heterocycles. The summed E-state index contributed by atoms with van der Waals surface area (Å²) in [5, 5.41) is 10.4. The molecule has 2 N–H and O–H groups in total. The molecule has 2 heterocycles. The lowest BCUT2D eigenvalue weighted by Crippen LogP contribution is -2.24. The van der Waals surface area contributed by atoms with Gasteiger partial charge in [-0.15, -0.1) is 0 Å². The normalized spacial score (nSPS) is 12.1. The van der Waals surface area contributed by atoms with Gasteiger partial charge < -0.3 is 10.1 Å². The molecule has 2 aromatic heterocycles. The van der Waals surface area contributed by atoms with E-state index in [1.807, 2.05) is 52.8 Å². The highest BCUT2D eigenvalue weighted by atomic mass is 16.5. The van der Waals surface area contributed by atoms with Crippen molar-refractivity contribution in [1.82, 2.24) is 19.7 Å². The first kappa shape index (κ1) is 19.9. The summed E-state index contributed by atoms with van der Waals surface area (Å²) < 4.78 is 7.81. The Bertz CT molecular complexity index is 1260. The minimum atomic E-state index is -0.284. The molecule has 0 saturated carbocycles. The Hall–Kier alpha value is -3.35. The van der Waals surface area contributed by atoms with Crippen LogP contribution in [-0.4, -0.2) is 25.9 Å². The van der Waals surface area contributed by atoms with E-state index >= 15 is 0 Å². The lowest BCUT2D eigenvalue weighted by Gasteiger charge is -2.20. The molecule has 4 aromatic rings. The number of fused-ring (bicyclic) bond motifs is 2. The maximum atomic E-state index is 12.6. The number of ether oxygens (including phenoxy) is 1. The van der Waals surface area contributed by atoms with Crippen molar-refractivity contribution < 1.29 is 4.74 Å². The third-order valence-electron chi connectivity index (χ3n) is 4.87. The van der Waals surface area contributed by atoms with Crippen LogP contribution in [0.1, 0.15) is 40.2 Å². The van der Waals surface area contributed by atoms with Crippen LogP contribution < -0.4 is 15.6 Å². The second-order valence-corrected chi connectivity index (χ2v) is 8.66. The van der Waals surface area contributed by atoms with Gasteiger partial charge in [0, 0.05) is 12.1 Å². The van der Waals surface area contributed by atoms with Crippen molar-refractivity contribution in [2.45, 2.75) is 52.8 Å². The second kappa shape index (κ2) is 7.48. The van der Waals surface area contributed by atoms with Crippen molar-refractivity contribution in [2.24, 2.45) is 0 Å². The number of benzene rings is 2. The van der Waals surface area contributed by atoms with Gasteiger partial charge in [-0.25, -0.2) is 4.68 Å². The number of nitrogens with one attached hydrogen (secondary N) is 2. The lowest BCUT2D eigenvalue weighted by molar-refractivity contribution is 0.240. The first-order valence-electron chi connectivity index (χ1n) is 10.1. The molecule has 0 amide bonds. The number of rotatable bonds is 5. The van der Waals surface area contributed by atoms with Crippen molar-refractivity contribution in [3.05, 3.63) is 58.5 Å². The zero-order valence-corrected chi connectivity index (χ0v) is 18.0. The van der Waals surface area contributed by atoms with Gasteiger partial charge in [-0.1, -0.05) is 30.3 Å². The lowest BCUT2D eigenvalue weighted by atomic mass is 10.0. The minimum Gasteiger partial charge on any atom is -0.491 e. The summed E-state index contributed by atoms with van der Waals surface area (Å²) in [6.45, 7) is 10.6. The van der Waals surface area contributed by atoms with Gasteiger partial charge in [0.05, 0.1) is 17.8 Å². The van der Waals surface area contributed by atoms with Crippen LogP contribution >= 0.6 is 0 Å². The Labute approximate surface area is 175 Å². The Morgan fingerprint density at radius 1 is 1.13 bits per heavy atom. The second-order valence-electron chi connectivity index (χ2n) is 8.66. The smallest absolute Gasteiger partial charge is 0.263 e. The quantitative estimate of drug-likeness (QED) is 0.513. The van der Waals surface area contributed by atoms with Gasteiger partial charge in [0.2, 0.25) is 5.95 Å². The number of anilines is 1. The maximum absolute atomic E-state index is 12.6. The van der Waals surface area contributed by atoms with Crippen molar-refractivity contribution in [3.8, 4) is 5.75 Å². The van der Waals surface area contributed by atoms with Gasteiger partial charge in [-0.2, -0.15) is 10.1 Å². The molecule has 0 radical (unpaired) electrons. The molecule has 0 unspecified atom stereocenters. The van der Waals surface area contributed by atoms with Crippen LogP contribution in [0.3, 0.4) is 0 Å². The van der Waals surface area contributed by atoms with Gasteiger partial charge >= 0.3 is 0 Å². The Kier molecular flexibility index (Phi) is 4.97. The fraction of sp³-hybridized carbons (Fsp3) is 0.348. The molecule has 2 aromatic carbocycles. The summed E-state index contributed by atoms with van der Waals surface area (Å²) in [6, 6.07) is 12.2. The summed E-state index contributed by atoms with van der Waals surface area (Å²) in [6.07, 6.45) is 1.62. The zero-order valence-electron chi connectivity index (χ0n) is 18.0. The van der Waals surface area contributed by atoms with E-state index in [0.29, 0.717) is 23.5 Å². The number of nitrogens with zero attached hydrogens (tertiary/aromatic N) is 3. The maximum Gasteiger partial charge on any atom is 0.263 e. The van der Waals surface area contributed by atoms with Crippen molar-refractivity contribution in [2.75, 3.05) is 5.32 Å². The summed E-state index contributed by atoms with van der Waals surface area (Å²) in [5.74, 6) is 1.22. The Morgan fingerprint density at radius 2 is 1.90 bits per heavy atom. The third kappa shape index (κ3) is 3.75. The van der Waals surface area contributed by atoms with E-state index in [-0.39, 0.29) is 17.2 Å². The van der Waals surface area contributed by atoms with Gasteiger partial charge in [0.15, 0.2) is 5.65 Å². The predicted octanol–water partition coefficient (Wildman–Crippen LogP) is 4.43. The number of hydrogen-bond acceptors (Lipinski definition) is 5. The highest BCUT2D eigenvalue weighted by Crippen LogP contribution is 2.29. The van der Waals surface area contributed by atoms with E-state index in [1.54, 1.807) is 10.9 Å². The topological polar surface area (TPSA) is 84.8 Å². The summed E-state index contributed by atoms with van der Waals surface area (Å²) in [5.41, 5.74) is 1.09. The van der Waals surface area contributed by atoms with E-state index in [0.717, 1.165) is 22.1 Å². The first-order chi connectivity index (χ1) is 14.2. The SMILES string of the molecule is CC(C)Oc1ccc2ccccc2c1CNc1nc2c(cnn2C(C)(C)C)c(=O)[nH]1. The molecular weight excluding hydrogens is 378 g/mol. The Balaban J connectivity index is 1.74. The molecule has 0 aliphatic rings. The molecule has 7 nitrogen and oxygen atoms in total. The molecule has 0 saturated heterocycles. The minimum absolute atomic E-state index is 0.0559. The van der Waals surface area contributed by atoms with E-state index < -0.39 is 0 Å². The van der Waals surface area contributed by atoms with Crippen LogP contribution in [0.15, 0.2) is 47.4 Å². The van der Waals surface area contributed by atoms with Crippen LogP contribution in [0.4, 0.5) is 5.95 Å². The molecule has 0 atom stereocenters. The standard InChI is InChI=1S/C23H27N5O2/c1-14(2)30-19-11-10-15-8-6-7-9-16(15)17(19)12-24-22-26-20-18(21(29)27-22)13-25-28(20)23(3,4)5/h6-11,13-14H,12H2,1-5H3,(H2,24,26,27,29). The number of H-pyrrole nitrogens is 1. The molecule has 4 rings (SSSR count). The molecular formula is C23H27N5O2. The molecule has 30 heavy (non-hydrogen) atoms. The van der Waals surface area contributed by atoms with Crippen molar-refractivity contribution in [1.29, 1.82) is 0 Å². The number of aromatic amines is 1. The highest BCUT2D eigenvalue weighted by molar-refractivity contribution is 5.88. The molecule has 0 bridgehead atoms. The zero-order chi connectivity index (χ0) is 21.5. The van der Waals surface area contributed by atoms with Crippen LogP contribution in [0, 0.1) is 0 Å². The molecule has 0 spiro atoms. The molecule has 7 heteroatoms. The largest absolute Gasteiger partial charge is 0.491 e. The summed E-state index contributed by atoms with van der Waals surface area (Å²) in [7, 11) is 0. The average Bonchev–Trinajstić information content (AvgIpc) is 3.11. The molecule has 156 valence electrons. The number of aromatic nitrogens is 4. The Morgan fingerprint density at radius 3 is 2.63 bits per heavy atom. The first-order valence-corrected chi connectivity index (χ1v) is 10.1. The van der Waals surface area contributed by atoms with Gasteiger partial charge in [0.25, 0.3) is 5.56 Å². The fourth-order valence-corrected chi connectivity index (χ4v) is 3.53. The van der Waals surface area contributed by atoms with E-state index in [1.165, 1.54) is 0 Å². The summed E-state index contributed by atoms with van der Waals surface area (Å²) >= 11 is 0. The number of hydrogen-bond donors (Lipinski definition) is 2. The van der Waals surface area contributed by atoms with Crippen LogP contribution in [-0.2, 0) is 12.1 Å². The van der Waals surface area contributed by atoms with Crippen LogP contribution in [0.5, 0.6) is 5.75 Å². The summed E-state index contributed by atoms with van der Waals surface area (Å²) in [4.78, 5) is 20.0. The monoisotopic (exact) mass is 405 g/mol. The van der Waals surface area contributed by atoms with E-state index in [9.17, 15) is 4.79 Å². The van der Waals surface area contributed by atoms with Crippen molar-refractivity contribution >= 4 is 27.8 Å². The van der Waals surface area contributed by atoms with Gasteiger partial charge in [0.1, 0.15) is 11.1 Å². The molecule has 0 aliphatic carbocycles. The predicted molar refractivity (Wildman–Crippen MR) is 120 cm³/mol. The van der Waals surface area contributed by atoms with Gasteiger partial charge in [-0.3, -0.25) is 9.78 Å². The van der Waals surface area contributed by atoms with Crippen molar-refractivity contribution in [3.63, 3.8) is 0 Å². The van der Waals surface area contributed by atoms with E-state index in [4.69, 9.17) is 4.74 Å². The van der Waals surface area contributed by atoms with E-state index in [2.05, 4.69) is 38.6 Å². The molecule has 0 fully saturated rings. The van der Waals surface area contributed by atoms with Crippen LogP contribution in [0.25, 0.3) is 21.8 Å². The van der Waals surface area contributed by atoms with Gasteiger partial charge in [-0.05, 0) is 51.5 Å². The fourth-order valence-electron chi connectivity index (χ4n) is 3.53. The third-order valence-corrected chi connectivity index (χ3v) is 4.87. The highest BCUT2D eigenvalue weighted by Gasteiger charge is 2.20.